The summed E-state index contributed by atoms with van der Waals surface area (Å²) >= 11 is 1.40. The van der Waals surface area contributed by atoms with E-state index < -0.39 is 11.4 Å². The van der Waals surface area contributed by atoms with Crippen molar-refractivity contribution < 1.29 is 18.7 Å². The average Bonchev–Trinajstić information content (AvgIpc) is 3.28. The predicted molar refractivity (Wildman–Crippen MR) is 94.3 cm³/mol. The molecule has 2 fully saturated rings. The number of carbonyl (C=O) groups excluding carboxylic acids is 2. The fourth-order valence-electron chi connectivity index (χ4n) is 3.54. The number of ether oxygens (including phenoxy) is 1. The summed E-state index contributed by atoms with van der Waals surface area (Å²) in [6, 6.07) is 4.31. The Morgan fingerprint density at radius 2 is 2.19 bits per heavy atom. The number of hydrogen-bond donors (Lipinski definition) is 0. The van der Waals surface area contributed by atoms with E-state index in [1.807, 2.05) is 5.38 Å². The molecule has 1 spiro atoms. The van der Waals surface area contributed by atoms with Crippen molar-refractivity contribution in [2.45, 2.75) is 12.0 Å². The van der Waals surface area contributed by atoms with Gasteiger partial charge in [-0.15, -0.1) is 11.3 Å². The first-order valence-electron chi connectivity index (χ1n) is 8.33. The number of likely N-dealkylation sites (tertiary alicyclic amines) is 1. The van der Waals surface area contributed by atoms with Crippen molar-refractivity contribution in [3.8, 4) is 10.6 Å². The molecule has 1 aromatic carbocycles. The highest BCUT2D eigenvalue weighted by molar-refractivity contribution is 7.13. The maximum Gasteiger partial charge on any atom is 0.254 e. The molecular weight excluding hydrogens is 357 g/mol. The number of carbonyl (C=O) groups is 2. The second-order valence-electron chi connectivity index (χ2n) is 6.76. The van der Waals surface area contributed by atoms with Crippen LogP contribution in [0.3, 0.4) is 0 Å². The van der Waals surface area contributed by atoms with Gasteiger partial charge in [-0.25, -0.2) is 9.37 Å². The number of halogens is 1. The van der Waals surface area contributed by atoms with E-state index in [0.29, 0.717) is 42.2 Å². The number of nitrogens with zero attached hydrogens (tertiary/aromatic N) is 3. The quantitative estimate of drug-likeness (QED) is 0.806. The van der Waals surface area contributed by atoms with Crippen LogP contribution in [-0.2, 0) is 9.53 Å². The SMILES string of the molecule is CN1CC2(CCN(C(=O)c3cc(F)cc(-c4nccs4)c3)C2)OCC1=O. The first kappa shape index (κ1) is 17.1. The highest BCUT2D eigenvalue weighted by Crippen LogP contribution is 2.31. The average molecular weight is 375 g/mol. The number of aromatic nitrogens is 1. The number of benzene rings is 1. The molecule has 1 aromatic heterocycles. The van der Waals surface area contributed by atoms with Crippen LogP contribution in [0.2, 0.25) is 0 Å². The van der Waals surface area contributed by atoms with Crippen LogP contribution in [0.5, 0.6) is 0 Å². The van der Waals surface area contributed by atoms with Crippen molar-refractivity contribution >= 4 is 23.2 Å². The minimum absolute atomic E-state index is 0.0344. The van der Waals surface area contributed by atoms with Gasteiger partial charge in [0.15, 0.2) is 0 Å². The summed E-state index contributed by atoms with van der Waals surface area (Å²) in [5.41, 5.74) is 0.369. The molecule has 1 atom stereocenters. The van der Waals surface area contributed by atoms with E-state index in [-0.39, 0.29) is 18.4 Å². The number of likely N-dealkylation sites (N-methyl/N-ethyl adjacent to an activating group) is 1. The van der Waals surface area contributed by atoms with Crippen LogP contribution in [-0.4, -0.2) is 65.5 Å². The maximum absolute atomic E-state index is 14.0. The Hall–Kier alpha value is -2.32. The molecule has 0 N–H and O–H groups in total. The van der Waals surface area contributed by atoms with Crippen molar-refractivity contribution in [1.29, 1.82) is 0 Å². The summed E-state index contributed by atoms with van der Waals surface area (Å²) in [5.74, 6) is -0.754. The molecule has 2 amide bonds. The van der Waals surface area contributed by atoms with Crippen molar-refractivity contribution in [3.05, 3.63) is 41.2 Å². The highest BCUT2D eigenvalue weighted by Gasteiger charge is 2.45. The molecule has 0 bridgehead atoms. The van der Waals surface area contributed by atoms with Gasteiger partial charge in [-0.05, 0) is 24.6 Å². The standard InChI is InChI=1S/C18H18FN3O3S/c1-21-10-18(25-9-15(21)23)2-4-22(11-18)17(24)13-6-12(7-14(19)8-13)16-20-3-5-26-16/h3,5-8H,2,4,9-11H2,1H3. The lowest BCUT2D eigenvalue weighted by Crippen LogP contribution is -2.54. The summed E-state index contributed by atoms with van der Waals surface area (Å²) in [4.78, 5) is 32.0. The smallest absolute Gasteiger partial charge is 0.254 e. The maximum atomic E-state index is 14.0. The number of rotatable bonds is 2. The van der Waals surface area contributed by atoms with Crippen molar-refractivity contribution in [2.75, 3.05) is 33.3 Å². The minimum Gasteiger partial charge on any atom is -0.361 e. The summed E-state index contributed by atoms with van der Waals surface area (Å²) in [6.45, 7) is 1.41. The van der Waals surface area contributed by atoms with Crippen LogP contribution < -0.4 is 0 Å². The number of morpholine rings is 1. The van der Waals surface area contributed by atoms with E-state index in [1.165, 1.54) is 23.5 Å². The summed E-state index contributed by atoms with van der Waals surface area (Å²) in [7, 11) is 1.74. The van der Waals surface area contributed by atoms with Crippen LogP contribution in [0.25, 0.3) is 10.6 Å². The Labute approximate surface area is 154 Å². The van der Waals surface area contributed by atoms with Gasteiger partial charge in [-0.3, -0.25) is 9.59 Å². The van der Waals surface area contributed by atoms with Crippen LogP contribution in [0.1, 0.15) is 16.8 Å². The molecule has 8 heteroatoms. The summed E-state index contributed by atoms with van der Waals surface area (Å²) in [5, 5.41) is 2.48. The number of amides is 2. The van der Waals surface area contributed by atoms with Crippen LogP contribution in [0.4, 0.5) is 4.39 Å². The Balaban J connectivity index is 1.55. The third kappa shape index (κ3) is 3.10. The number of hydrogen-bond acceptors (Lipinski definition) is 5. The van der Waals surface area contributed by atoms with E-state index in [9.17, 15) is 14.0 Å². The molecule has 136 valence electrons. The van der Waals surface area contributed by atoms with Gasteiger partial charge in [0.1, 0.15) is 23.0 Å². The third-order valence-corrected chi connectivity index (χ3v) is 5.70. The zero-order chi connectivity index (χ0) is 18.3. The third-order valence-electron chi connectivity index (χ3n) is 4.88. The normalized spacial score (nSPS) is 23.1. The number of thiazole rings is 1. The Morgan fingerprint density at radius 1 is 1.35 bits per heavy atom. The summed E-state index contributed by atoms with van der Waals surface area (Å²) < 4.78 is 19.8. The Bertz CT molecular complexity index is 857. The van der Waals surface area contributed by atoms with Gasteiger partial charge in [0.25, 0.3) is 5.91 Å². The second-order valence-corrected chi connectivity index (χ2v) is 7.66. The van der Waals surface area contributed by atoms with Crippen molar-refractivity contribution in [3.63, 3.8) is 0 Å². The fraction of sp³-hybridized carbons (Fsp3) is 0.389. The minimum atomic E-state index is -0.524. The molecule has 0 saturated carbocycles. The molecule has 0 aliphatic carbocycles. The molecule has 1 unspecified atom stereocenters. The van der Waals surface area contributed by atoms with Gasteiger partial charge in [0.2, 0.25) is 5.91 Å². The Kier molecular flexibility index (Phi) is 4.24. The zero-order valence-corrected chi connectivity index (χ0v) is 15.1. The first-order valence-corrected chi connectivity index (χ1v) is 9.21. The Morgan fingerprint density at radius 3 is 2.92 bits per heavy atom. The van der Waals surface area contributed by atoms with E-state index in [1.54, 1.807) is 29.1 Å². The van der Waals surface area contributed by atoms with Crippen LogP contribution in [0, 0.1) is 5.82 Å². The lowest BCUT2D eigenvalue weighted by molar-refractivity contribution is -0.158. The van der Waals surface area contributed by atoms with Gasteiger partial charge in [0, 0.05) is 36.3 Å². The van der Waals surface area contributed by atoms with E-state index >= 15 is 0 Å². The van der Waals surface area contributed by atoms with Crippen LogP contribution in [0.15, 0.2) is 29.8 Å². The molecule has 2 aliphatic rings. The van der Waals surface area contributed by atoms with Gasteiger partial charge in [-0.1, -0.05) is 0 Å². The van der Waals surface area contributed by atoms with E-state index in [0.717, 1.165) is 0 Å². The van der Waals surface area contributed by atoms with Crippen LogP contribution >= 0.6 is 11.3 Å². The lowest BCUT2D eigenvalue weighted by atomic mass is 10.0. The molecule has 2 aliphatic heterocycles. The molecule has 4 rings (SSSR count). The largest absolute Gasteiger partial charge is 0.361 e. The molecule has 0 radical (unpaired) electrons. The van der Waals surface area contributed by atoms with Gasteiger partial charge < -0.3 is 14.5 Å². The van der Waals surface area contributed by atoms with Gasteiger partial charge >= 0.3 is 0 Å². The lowest BCUT2D eigenvalue weighted by Gasteiger charge is -2.38. The second kappa shape index (κ2) is 6.44. The van der Waals surface area contributed by atoms with E-state index in [4.69, 9.17) is 4.74 Å². The van der Waals surface area contributed by atoms with E-state index in [2.05, 4.69) is 4.98 Å². The predicted octanol–water partition coefficient (Wildman–Crippen LogP) is 2.02. The molecule has 26 heavy (non-hydrogen) atoms. The monoisotopic (exact) mass is 375 g/mol. The first-order chi connectivity index (χ1) is 12.5. The highest BCUT2D eigenvalue weighted by atomic mass is 32.1. The van der Waals surface area contributed by atoms with Crippen molar-refractivity contribution in [1.82, 2.24) is 14.8 Å². The topological polar surface area (TPSA) is 62.7 Å². The zero-order valence-electron chi connectivity index (χ0n) is 14.3. The molecule has 6 nitrogen and oxygen atoms in total. The van der Waals surface area contributed by atoms with Gasteiger partial charge in [-0.2, -0.15) is 0 Å². The summed E-state index contributed by atoms with van der Waals surface area (Å²) in [6.07, 6.45) is 2.31. The molecular formula is C18H18FN3O3S. The van der Waals surface area contributed by atoms with Crippen molar-refractivity contribution in [2.24, 2.45) is 0 Å². The molecule has 3 heterocycles. The molecule has 2 saturated heterocycles. The molecule has 2 aromatic rings. The van der Waals surface area contributed by atoms with Gasteiger partial charge in [0.05, 0.1) is 13.1 Å². The fourth-order valence-corrected chi connectivity index (χ4v) is 4.17.